The molecular formula is C41H27N3. The zero-order valence-corrected chi connectivity index (χ0v) is 23.9. The molecule has 0 radical (unpaired) electrons. The van der Waals surface area contributed by atoms with E-state index in [1.807, 2.05) is 42.5 Å². The number of benzene rings is 6. The third-order valence-electron chi connectivity index (χ3n) is 8.07. The summed E-state index contributed by atoms with van der Waals surface area (Å²) in [5, 5.41) is 3.42. The molecule has 0 amide bonds. The van der Waals surface area contributed by atoms with Crippen molar-refractivity contribution in [3.63, 3.8) is 0 Å². The maximum Gasteiger partial charge on any atom is 0.160 e. The molecule has 3 heteroatoms. The Bertz CT molecular complexity index is 2190. The molecule has 0 spiro atoms. The molecule has 6 aromatic carbocycles. The monoisotopic (exact) mass is 561 g/mol. The number of aromatic nitrogens is 3. The quantitative estimate of drug-likeness (QED) is 0.196. The van der Waals surface area contributed by atoms with Gasteiger partial charge in [0.05, 0.1) is 22.6 Å². The summed E-state index contributed by atoms with van der Waals surface area (Å²) < 4.78 is 0. The van der Waals surface area contributed by atoms with Gasteiger partial charge in [-0.2, -0.15) is 0 Å². The van der Waals surface area contributed by atoms with Crippen LogP contribution in [-0.2, 0) is 0 Å². The van der Waals surface area contributed by atoms with Crippen LogP contribution in [0.25, 0.3) is 78.0 Å². The van der Waals surface area contributed by atoms with Gasteiger partial charge in [0.2, 0.25) is 0 Å². The van der Waals surface area contributed by atoms with Crippen molar-refractivity contribution in [2.24, 2.45) is 0 Å². The van der Waals surface area contributed by atoms with Crippen molar-refractivity contribution >= 4 is 21.7 Å². The van der Waals surface area contributed by atoms with Crippen LogP contribution in [0.15, 0.2) is 164 Å². The number of pyridine rings is 1. The van der Waals surface area contributed by atoms with Gasteiger partial charge in [-0.3, -0.25) is 0 Å². The van der Waals surface area contributed by atoms with Gasteiger partial charge >= 0.3 is 0 Å². The molecule has 206 valence electrons. The number of nitrogens with zero attached hydrogens (tertiary/aromatic N) is 3. The van der Waals surface area contributed by atoms with Crippen LogP contribution in [0.1, 0.15) is 0 Å². The van der Waals surface area contributed by atoms with Gasteiger partial charge in [-0.25, -0.2) is 15.0 Å². The average molecular weight is 562 g/mol. The van der Waals surface area contributed by atoms with Crippen LogP contribution in [0, 0.1) is 0 Å². The lowest BCUT2D eigenvalue weighted by Crippen LogP contribution is -1.96. The topological polar surface area (TPSA) is 38.7 Å². The van der Waals surface area contributed by atoms with E-state index in [0.717, 1.165) is 61.0 Å². The molecule has 2 heterocycles. The number of hydrogen-bond acceptors (Lipinski definition) is 3. The Morgan fingerprint density at radius 1 is 0.341 bits per heavy atom. The highest BCUT2D eigenvalue weighted by Crippen LogP contribution is 2.38. The van der Waals surface area contributed by atoms with Crippen molar-refractivity contribution < 1.29 is 0 Å². The average Bonchev–Trinajstić information content (AvgIpc) is 3.12. The molecule has 0 fully saturated rings. The first-order valence-electron chi connectivity index (χ1n) is 14.8. The van der Waals surface area contributed by atoms with Crippen LogP contribution < -0.4 is 0 Å². The summed E-state index contributed by atoms with van der Waals surface area (Å²) in [4.78, 5) is 15.2. The lowest BCUT2D eigenvalue weighted by atomic mass is 9.94. The maximum absolute atomic E-state index is 5.13. The number of rotatable bonds is 5. The molecule has 0 saturated heterocycles. The molecule has 0 bridgehead atoms. The van der Waals surface area contributed by atoms with Gasteiger partial charge < -0.3 is 0 Å². The molecule has 0 atom stereocenters. The summed E-state index contributed by atoms with van der Waals surface area (Å²) in [5.74, 6) is 0.702. The van der Waals surface area contributed by atoms with Crippen LogP contribution in [0.3, 0.4) is 0 Å². The second-order valence-corrected chi connectivity index (χ2v) is 10.9. The van der Waals surface area contributed by atoms with E-state index in [2.05, 4.69) is 121 Å². The molecule has 0 aliphatic heterocycles. The van der Waals surface area contributed by atoms with Crippen molar-refractivity contribution in [1.82, 2.24) is 15.0 Å². The highest BCUT2D eigenvalue weighted by molar-refractivity contribution is 6.14. The summed E-state index contributed by atoms with van der Waals surface area (Å²) in [6, 6.07) is 56.7. The summed E-state index contributed by atoms with van der Waals surface area (Å²) in [5.41, 5.74) is 10.3. The standard InChI is InChI=1S/C41H27N3/c1-5-13-28(14-6-1)35-26-37(29-15-7-2-8-16-29)42-36-24-22-32-25-33(21-23-34(32)40(35)36)41-43-38(30-17-9-3-10-18-30)27-39(44-41)31-19-11-4-12-20-31/h1-27H. The Morgan fingerprint density at radius 3 is 1.39 bits per heavy atom. The Kier molecular flexibility index (Phi) is 6.47. The van der Waals surface area contributed by atoms with Gasteiger partial charge in [0.1, 0.15) is 0 Å². The van der Waals surface area contributed by atoms with E-state index in [0.29, 0.717) is 5.82 Å². The fourth-order valence-electron chi connectivity index (χ4n) is 5.90. The van der Waals surface area contributed by atoms with Gasteiger partial charge in [-0.1, -0.05) is 140 Å². The Morgan fingerprint density at radius 2 is 0.841 bits per heavy atom. The predicted octanol–water partition coefficient (Wildman–Crippen LogP) is 10.5. The summed E-state index contributed by atoms with van der Waals surface area (Å²) in [7, 11) is 0. The first kappa shape index (κ1) is 25.8. The van der Waals surface area contributed by atoms with E-state index in [9.17, 15) is 0 Å². The Labute approximate surface area is 256 Å². The van der Waals surface area contributed by atoms with E-state index >= 15 is 0 Å². The molecule has 0 N–H and O–H groups in total. The van der Waals surface area contributed by atoms with Crippen molar-refractivity contribution in [1.29, 1.82) is 0 Å². The molecule has 3 nitrogen and oxygen atoms in total. The molecule has 0 aliphatic carbocycles. The minimum absolute atomic E-state index is 0.702. The van der Waals surface area contributed by atoms with Gasteiger partial charge in [0.25, 0.3) is 0 Å². The summed E-state index contributed by atoms with van der Waals surface area (Å²) in [6.45, 7) is 0. The predicted molar refractivity (Wildman–Crippen MR) is 182 cm³/mol. The van der Waals surface area contributed by atoms with E-state index in [1.165, 1.54) is 11.1 Å². The maximum atomic E-state index is 5.13. The third-order valence-corrected chi connectivity index (χ3v) is 8.07. The van der Waals surface area contributed by atoms with E-state index in [4.69, 9.17) is 15.0 Å². The molecule has 8 aromatic rings. The largest absolute Gasteiger partial charge is 0.248 e. The highest BCUT2D eigenvalue weighted by Gasteiger charge is 2.15. The Balaban J connectivity index is 1.33. The fourth-order valence-corrected chi connectivity index (χ4v) is 5.90. The van der Waals surface area contributed by atoms with Crippen LogP contribution in [0.2, 0.25) is 0 Å². The van der Waals surface area contributed by atoms with Crippen molar-refractivity contribution in [3.05, 3.63) is 164 Å². The zero-order chi connectivity index (χ0) is 29.3. The highest BCUT2D eigenvalue weighted by atomic mass is 14.9. The molecular weight excluding hydrogens is 534 g/mol. The van der Waals surface area contributed by atoms with Gasteiger partial charge in [0, 0.05) is 27.6 Å². The molecule has 0 aliphatic rings. The second kappa shape index (κ2) is 11.0. The van der Waals surface area contributed by atoms with Crippen LogP contribution >= 0.6 is 0 Å². The lowest BCUT2D eigenvalue weighted by molar-refractivity contribution is 1.18. The SMILES string of the molecule is c1ccc(-c2cc(-c3ccccc3)nc(-c3ccc4c(ccc5nc(-c6ccccc6)cc(-c6ccccc6)c54)c3)n2)cc1. The van der Waals surface area contributed by atoms with Crippen molar-refractivity contribution in [3.8, 4) is 56.3 Å². The molecule has 44 heavy (non-hydrogen) atoms. The first-order valence-corrected chi connectivity index (χ1v) is 14.8. The normalized spacial score (nSPS) is 11.2. The van der Waals surface area contributed by atoms with E-state index in [-0.39, 0.29) is 0 Å². The lowest BCUT2D eigenvalue weighted by Gasteiger charge is -2.14. The first-order chi connectivity index (χ1) is 21.8. The number of hydrogen-bond donors (Lipinski definition) is 0. The third kappa shape index (κ3) is 4.81. The van der Waals surface area contributed by atoms with Gasteiger partial charge in [-0.05, 0) is 46.2 Å². The van der Waals surface area contributed by atoms with Crippen LogP contribution in [0.4, 0.5) is 0 Å². The number of fused-ring (bicyclic) bond motifs is 3. The fraction of sp³-hybridized carbons (Fsp3) is 0. The Hall–Kier alpha value is -5.93. The van der Waals surface area contributed by atoms with Crippen molar-refractivity contribution in [2.75, 3.05) is 0 Å². The summed E-state index contributed by atoms with van der Waals surface area (Å²) in [6.07, 6.45) is 0. The van der Waals surface area contributed by atoms with Gasteiger partial charge in [0.15, 0.2) is 5.82 Å². The molecule has 0 saturated carbocycles. The minimum atomic E-state index is 0.702. The smallest absolute Gasteiger partial charge is 0.160 e. The van der Waals surface area contributed by atoms with Crippen LogP contribution in [-0.4, -0.2) is 15.0 Å². The molecule has 2 aromatic heterocycles. The second-order valence-electron chi connectivity index (χ2n) is 10.9. The van der Waals surface area contributed by atoms with Crippen molar-refractivity contribution in [2.45, 2.75) is 0 Å². The van der Waals surface area contributed by atoms with E-state index < -0.39 is 0 Å². The van der Waals surface area contributed by atoms with E-state index in [1.54, 1.807) is 0 Å². The van der Waals surface area contributed by atoms with Gasteiger partial charge in [-0.15, -0.1) is 0 Å². The van der Waals surface area contributed by atoms with Crippen LogP contribution in [0.5, 0.6) is 0 Å². The zero-order valence-electron chi connectivity index (χ0n) is 23.9. The molecule has 0 unspecified atom stereocenters. The minimum Gasteiger partial charge on any atom is -0.248 e. The molecule has 8 rings (SSSR count). The summed E-state index contributed by atoms with van der Waals surface area (Å²) >= 11 is 0.